The standard InChI is InChI=1S/C66H112NO8P/c1-6-8-10-12-14-16-18-20-22-23-24-25-26-27-28-29-30-31-32-33-34-35-36-37-38-39-40-41-42-43-45-47-49-51-53-55-57-59-66(69)75-64(63-74-76(70,71)73-61-60-67(3,4)5)62-72-65(68)58-56-54-52-50-48-46-44-21-19-17-15-13-11-9-7-2/h8-11,14-17,20-22,24-25,27-28,44,48,50,54,56,64H,6-7,12-13,18-19,23,26,29-43,45-47,49,51-53,55,57-63H2,1-5H3/p+1/b10-8-,11-9-,16-14-,17-15-,22-20-,25-24-,28-27-,44-21-,50-48-,56-54-. The first-order valence-electron chi connectivity index (χ1n) is 30.3. The predicted octanol–water partition coefficient (Wildman–Crippen LogP) is 19.1. The van der Waals surface area contributed by atoms with Crippen LogP contribution in [0.3, 0.4) is 0 Å². The van der Waals surface area contributed by atoms with Crippen LogP contribution in [0, 0.1) is 0 Å². The Morgan fingerprint density at radius 3 is 1.12 bits per heavy atom. The molecule has 0 aliphatic heterocycles. The molecule has 0 aromatic rings. The summed E-state index contributed by atoms with van der Waals surface area (Å²) in [7, 11) is 1.42. The lowest BCUT2D eigenvalue weighted by Gasteiger charge is -2.24. The summed E-state index contributed by atoms with van der Waals surface area (Å²) >= 11 is 0. The molecule has 0 aliphatic rings. The van der Waals surface area contributed by atoms with E-state index in [1.54, 1.807) is 6.08 Å². The highest BCUT2D eigenvalue weighted by molar-refractivity contribution is 7.47. The van der Waals surface area contributed by atoms with E-state index in [0.717, 1.165) is 77.0 Å². The maximum Gasteiger partial charge on any atom is 0.472 e. The van der Waals surface area contributed by atoms with E-state index in [2.05, 4.69) is 117 Å². The molecule has 0 radical (unpaired) electrons. The highest BCUT2D eigenvalue weighted by Crippen LogP contribution is 2.43. The molecule has 1 N–H and O–H groups in total. The minimum absolute atomic E-state index is 0.0141. The smallest absolute Gasteiger partial charge is 0.461 e. The number of likely N-dealkylation sites (N-methyl/N-ethyl adjacent to an activating group) is 1. The van der Waals surface area contributed by atoms with Gasteiger partial charge in [-0.15, -0.1) is 0 Å². The van der Waals surface area contributed by atoms with Crippen molar-refractivity contribution in [2.24, 2.45) is 0 Å². The van der Waals surface area contributed by atoms with Crippen LogP contribution in [0.1, 0.15) is 232 Å². The average molecular weight is 1080 g/mol. The third-order valence-corrected chi connectivity index (χ3v) is 13.5. The molecule has 0 aromatic heterocycles. The number of quaternary nitrogens is 1. The number of carbonyl (C=O) groups is 2. The largest absolute Gasteiger partial charge is 0.472 e. The van der Waals surface area contributed by atoms with Crippen LogP contribution in [0.5, 0.6) is 0 Å². The molecule has 0 amide bonds. The lowest BCUT2D eigenvalue weighted by molar-refractivity contribution is -0.870. The Bertz CT molecular complexity index is 1700. The predicted molar refractivity (Wildman–Crippen MR) is 325 cm³/mol. The molecule has 10 heteroatoms. The third-order valence-electron chi connectivity index (χ3n) is 12.5. The van der Waals surface area contributed by atoms with Crippen molar-refractivity contribution in [2.45, 2.75) is 238 Å². The van der Waals surface area contributed by atoms with E-state index in [1.807, 2.05) is 33.3 Å². The second-order valence-corrected chi connectivity index (χ2v) is 22.4. The van der Waals surface area contributed by atoms with Crippen molar-refractivity contribution in [3.05, 3.63) is 122 Å². The number of unbranched alkanes of at least 4 members (excludes halogenated alkanes) is 21. The molecule has 9 nitrogen and oxygen atoms in total. The van der Waals surface area contributed by atoms with Crippen LogP contribution in [-0.4, -0.2) is 74.9 Å². The van der Waals surface area contributed by atoms with Crippen LogP contribution in [-0.2, 0) is 32.7 Å². The monoisotopic (exact) mass is 1080 g/mol. The summed E-state index contributed by atoms with van der Waals surface area (Å²) in [5, 5.41) is 0. The topological polar surface area (TPSA) is 108 Å². The third kappa shape index (κ3) is 59.7. The number of phosphoric acid groups is 1. The first kappa shape index (κ1) is 72.4. The van der Waals surface area contributed by atoms with E-state index in [0.29, 0.717) is 23.9 Å². The van der Waals surface area contributed by atoms with Crippen LogP contribution >= 0.6 is 7.82 Å². The highest BCUT2D eigenvalue weighted by atomic mass is 31.2. The van der Waals surface area contributed by atoms with E-state index >= 15 is 0 Å². The fraction of sp³-hybridized carbons (Fsp3) is 0.667. The number of allylic oxidation sites excluding steroid dienone is 19. The van der Waals surface area contributed by atoms with E-state index in [-0.39, 0.29) is 26.1 Å². The van der Waals surface area contributed by atoms with Gasteiger partial charge in [0.2, 0.25) is 0 Å². The van der Waals surface area contributed by atoms with Gasteiger partial charge in [-0.25, -0.2) is 4.57 Å². The fourth-order valence-electron chi connectivity index (χ4n) is 7.94. The Labute approximate surface area is 467 Å². The second-order valence-electron chi connectivity index (χ2n) is 21.0. The Morgan fingerprint density at radius 2 is 0.750 bits per heavy atom. The molecule has 0 aliphatic carbocycles. The Hall–Kier alpha value is -3.59. The normalized spacial score (nSPS) is 14.1. The van der Waals surface area contributed by atoms with Crippen LogP contribution in [0.2, 0.25) is 0 Å². The van der Waals surface area contributed by atoms with Crippen LogP contribution in [0.4, 0.5) is 0 Å². The summed E-state index contributed by atoms with van der Waals surface area (Å²) in [6.07, 6.45) is 80.5. The summed E-state index contributed by atoms with van der Waals surface area (Å²) in [5.41, 5.74) is 0. The van der Waals surface area contributed by atoms with Crippen molar-refractivity contribution in [1.29, 1.82) is 0 Å². The van der Waals surface area contributed by atoms with Gasteiger partial charge >= 0.3 is 19.8 Å². The number of nitrogens with zero attached hydrogens (tertiary/aromatic N) is 1. The number of rotatable bonds is 54. The number of carbonyl (C=O) groups excluding carboxylic acids is 2. The van der Waals surface area contributed by atoms with Gasteiger partial charge in [0.05, 0.1) is 34.2 Å². The van der Waals surface area contributed by atoms with Gasteiger partial charge in [-0.3, -0.25) is 18.6 Å². The number of ether oxygens (including phenoxy) is 2. The van der Waals surface area contributed by atoms with Gasteiger partial charge in [0.25, 0.3) is 0 Å². The Balaban J connectivity index is 4.04. The first-order valence-corrected chi connectivity index (χ1v) is 31.8. The molecule has 0 heterocycles. The number of phosphoric ester groups is 1. The zero-order valence-corrected chi connectivity index (χ0v) is 50.1. The van der Waals surface area contributed by atoms with Gasteiger partial charge in [-0.2, -0.15) is 0 Å². The van der Waals surface area contributed by atoms with E-state index < -0.39 is 32.5 Å². The van der Waals surface area contributed by atoms with Gasteiger partial charge in [-0.05, 0) is 83.5 Å². The Kier molecular flexibility index (Phi) is 53.5. The molecular weight excluding hydrogens is 966 g/mol. The fourth-order valence-corrected chi connectivity index (χ4v) is 8.68. The van der Waals surface area contributed by atoms with Crippen molar-refractivity contribution in [2.75, 3.05) is 47.5 Å². The van der Waals surface area contributed by atoms with E-state index in [9.17, 15) is 19.0 Å². The van der Waals surface area contributed by atoms with Gasteiger partial charge < -0.3 is 18.9 Å². The summed E-state index contributed by atoms with van der Waals surface area (Å²) in [5.74, 6) is -0.946. The summed E-state index contributed by atoms with van der Waals surface area (Å²) < 4.78 is 34.4. The summed E-state index contributed by atoms with van der Waals surface area (Å²) in [4.78, 5) is 35.6. The summed E-state index contributed by atoms with van der Waals surface area (Å²) in [6.45, 7) is 4.09. The summed E-state index contributed by atoms with van der Waals surface area (Å²) in [6, 6.07) is 0. The molecule has 76 heavy (non-hydrogen) atoms. The molecule has 0 fully saturated rings. The molecule has 2 unspecified atom stereocenters. The van der Waals surface area contributed by atoms with Gasteiger partial charge in [0, 0.05) is 6.42 Å². The van der Waals surface area contributed by atoms with Gasteiger partial charge in [0.15, 0.2) is 6.10 Å². The number of hydrogen-bond acceptors (Lipinski definition) is 7. The molecule has 0 saturated carbocycles. The zero-order valence-electron chi connectivity index (χ0n) is 49.2. The minimum Gasteiger partial charge on any atom is -0.461 e. The maximum absolute atomic E-state index is 12.8. The minimum atomic E-state index is -4.41. The van der Waals surface area contributed by atoms with Crippen molar-refractivity contribution < 1.29 is 42.1 Å². The molecule has 0 rings (SSSR count). The van der Waals surface area contributed by atoms with Crippen LogP contribution in [0.25, 0.3) is 0 Å². The number of hydrogen-bond donors (Lipinski definition) is 1. The molecule has 0 aromatic carbocycles. The molecule has 0 spiro atoms. The maximum atomic E-state index is 12.8. The SMILES string of the molecule is CC/C=C\C/C=C\C/C=C\C/C=C\C/C=C\CCCCCCCCCCCCCCCCCCCCCCCC(=O)OC(COC(=O)C/C=C\C/C=C\C/C=C\C/C=C\C/C=C\CC)COP(=O)(O)OCC[N+](C)(C)C. The van der Waals surface area contributed by atoms with Gasteiger partial charge in [-0.1, -0.05) is 257 Å². The quantitative estimate of drug-likeness (QED) is 0.0211. The highest BCUT2D eigenvalue weighted by Gasteiger charge is 2.27. The van der Waals surface area contributed by atoms with Gasteiger partial charge in [0.1, 0.15) is 19.8 Å². The molecular formula is C66H113NO8P+. The lowest BCUT2D eigenvalue weighted by Crippen LogP contribution is -2.37. The van der Waals surface area contributed by atoms with Crippen LogP contribution < -0.4 is 0 Å². The van der Waals surface area contributed by atoms with Crippen molar-refractivity contribution in [1.82, 2.24) is 0 Å². The van der Waals surface area contributed by atoms with Crippen molar-refractivity contribution in [3.63, 3.8) is 0 Å². The number of esters is 2. The molecule has 0 bridgehead atoms. The molecule has 0 saturated heterocycles. The van der Waals surface area contributed by atoms with Crippen molar-refractivity contribution >= 4 is 19.8 Å². The first-order chi connectivity index (χ1) is 37.0. The second kappa shape index (κ2) is 56.1. The van der Waals surface area contributed by atoms with Crippen LogP contribution in [0.15, 0.2) is 122 Å². The molecule has 434 valence electrons. The average Bonchev–Trinajstić information content (AvgIpc) is 3.38. The Morgan fingerprint density at radius 1 is 0.421 bits per heavy atom. The van der Waals surface area contributed by atoms with E-state index in [4.69, 9.17) is 18.5 Å². The van der Waals surface area contributed by atoms with E-state index in [1.165, 1.54) is 116 Å². The zero-order chi connectivity index (χ0) is 55.6. The molecule has 2 atom stereocenters. The lowest BCUT2D eigenvalue weighted by atomic mass is 10.0. The van der Waals surface area contributed by atoms with Crippen molar-refractivity contribution in [3.8, 4) is 0 Å².